The number of carbonyl (C=O) groups excluding carboxylic acids is 1. The molecule has 0 unspecified atom stereocenters. The molecule has 0 heterocycles. The van der Waals surface area contributed by atoms with Gasteiger partial charge in [0.2, 0.25) is 0 Å². The van der Waals surface area contributed by atoms with Crippen LogP contribution in [0.4, 0.5) is 0 Å². The molecule has 0 atom stereocenters. The van der Waals surface area contributed by atoms with Crippen molar-refractivity contribution in [1.82, 2.24) is 5.32 Å². The fourth-order valence-corrected chi connectivity index (χ4v) is 1.45. The van der Waals surface area contributed by atoms with Crippen LogP contribution in [0.5, 0.6) is 0 Å². The van der Waals surface area contributed by atoms with Crippen LogP contribution >= 0.6 is 11.6 Å². The maximum Gasteiger partial charge on any atom is 0.250 e. The van der Waals surface area contributed by atoms with Gasteiger partial charge in [0, 0.05) is 17.1 Å². The number of halogens is 1. The van der Waals surface area contributed by atoms with Crippen LogP contribution in [0.3, 0.4) is 0 Å². The van der Waals surface area contributed by atoms with Gasteiger partial charge in [0.05, 0.1) is 0 Å². The van der Waals surface area contributed by atoms with Crippen LogP contribution in [0.15, 0.2) is 35.3 Å². The van der Waals surface area contributed by atoms with E-state index < -0.39 is 0 Å². The lowest BCUT2D eigenvalue weighted by molar-refractivity contribution is -0.115. The molecule has 0 aliphatic carbocycles. The van der Waals surface area contributed by atoms with Crippen molar-refractivity contribution >= 4 is 29.5 Å². The Bertz CT molecular complexity index is 481. The molecular formula is C13H16ClN3O. The van der Waals surface area contributed by atoms with Gasteiger partial charge in [-0.3, -0.25) is 15.1 Å². The third-order valence-corrected chi connectivity index (χ3v) is 2.31. The fraction of sp³-hybridized carbons (Fsp3) is 0.231. The summed E-state index contributed by atoms with van der Waals surface area (Å²) >= 11 is 5.95. The molecule has 0 radical (unpaired) electrons. The molecule has 96 valence electrons. The summed E-state index contributed by atoms with van der Waals surface area (Å²) < 4.78 is 0. The van der Waals surface area contributed by atoms with Crippen molar-refractivity contribution in [2.24, 2.45) is 10.7 Å². The van der Waals surface area contributed by atoms with Gasteiger partial charge in [-0.05, 0) is 31.6 Å². The summed E-state index contributed by atoms with van der Waals surface area (Å²) in [5.41, 5.74) is 6.30. The first-order valence-electron chi connectivity index (χ1n) is 5.56. The first-order chi connectivity index (χ1) is 8.49. The van der Waals surface area contributed by atoms with Gasteiger partial charge in [0.25, 0.3) is 5.91 Å². The largest absolute Gasteiger partial charge is 0.370 e. The van der Waals surface area contributed by atoms with E-state index in [0.717, 1.165) is 5.56 Å². The number of nitrogens with zero attached hydrogens (tertiary/aromatic N) is 1. The van der Waals surface area contributed by atoms with Crippen LogP contribution < -0.4 is 11.1 Å². The van der Waals surface area contributed by atoms with Gasteiger partial charge >= 0.3 is 0 Å². The highest BCUT2D eigenvalue weighted by Crippen LogP contribution is 2.15. The van der Waals surface area contributed by atoms with Crippen LogP contribution in [0, 0.1) is 0 Å². The standard InChI is InChI=1S/C13H16ClN3O/c1-9(2)16-13(15)17-12(18)8-7-10-5-3-4-6-11(10)14/h3-9H,1-2H3,(H3,15,16,17,18). The molecule has 3 N–H and O–H groups in total. The Morgan fingerprint density at radius 3 is 2.72 bits per heavy atom. The summed E-state index contributed by atoms with van der Waals surface area (Å²) in [4.78, 5) is 15.5. The SMILES string of the molecule is CC(C)N=C(N)NC(=O)C=Cc1ccccc1Cl. The third-order valence-electron chi connectivity index (χ3n) is 1.97. The molecule has 0 aromatic heterocycles. The van der Waals surface area contributed by atoms with E-state index in [2.05, 4.69) is 10.3 Å². The van der Waals surface area contributed by atoms with Crippen LogP contribution in [0.25, 0.3) is 6.08 Å². The van der Waals surface area contributed by atoms with E-state index in [9.17, 15) is 4.79 Å². The Labute approximate surface area is 112 Å². The minimum absolute atomic E-state index is 0.0397. The van der Waals surface area contributed by atoms with Gasteiger partial charge in [-0.25, -0.2) is 0 Å². The zero-order valence-electron chi connectivity index (χ0n) is 10.4. The minimum Gasteiger partial charge on any atom is -0.370 e. The molecule has 0 spiro atoms. The lowest BCUT2D eigenvalue weighted by atomic mass is 10.2. The Kier molecular flexibility index (Phi) is 5.39. The van der Waals surface area contributed by atoms with Gasteiger partial charge in [-0.15, -0.1) is 0 Å². The summed E-state index contributed by atoms with van der Waals surface area (Å²) in [5.74, 6) is -0.226. The van der Waals surface area contributed by atoms with Crippen molar-refractivity contribution in [2.45, 2.75) is 19.9 Å². The van der Waals surface area contributed by atoms with Crippen LogP contribution in [-0.4, -0.2) is 17.9 Å². The molecule has 1 aromatic carbocycles. The van der Waals surface area contributed by atoms with Gasteiger partial charge in [-0.2, -0.15) is 0 Å². The zero-order chi connectivity index (χ0) is 13.5. The molecule has 0 aliphatic heterocycles. The normalized spacial score (nSPS) is 12.1. The number of nitrogens with one attached hydrogen (secondary N) is 1. The van der Waals surface area contributed by atoms with Crippen LogP contribution in [0.2, 0.25) is 5.02 Å². The van der Waals surface area contributed by atoms with E-state index in [1.165, 1.54) is 6.08 Å². The third kappa shape index (κ3) is 5.01. The van der Waals surface area contributed by atoms with E-state index in [1.54, 1.807) is 12.1 Å². The van der Waals surface area contributed by atoms with Crippen LogP contribution in [-0.2, 0) is 4.79 Å². The number of aliphatic imine (C=N–C) groups is 1. The summed E-state index contributed by atoms with van der Waals surface area (Å²) in [6, 6.07) is 7.29. The first-order valence-corrected chi connectivity index (χ1v) is 5.93. The number of hydrogen-bond donors (Lipinski definition) is 2. The number of nitrogens with two attached hydrogens (primary N) is 1. The Balaban J connectivity index is 2.63. The molecule has 5 heteroatoms. The second kappa shape index (κ2) is 6.81. The zero-order valence-corrected chi connectivity index (χ0v) is 11.1. The van der Waals surface area contributed by atoms with E-state index >= 15 is 0 Å². The quantitative estimate of drug-likeness (QED) is 0.500. The van der Waals surface area contributed by atoms with Crippen molar-refractivity contribution < 1.29 is 4.79 Å². The van der Waals surface area contributed by atoms with E-state index in [4.69, 9.17) is 17.3 Å². The molecule has 18 heavy (non-hydrogen) atoms. The van der Waals surface area contributed by atoms with Gasteiger partial charge in [0.1, 0.15) is 0 Å². The summed E-state index contributed by atoms with van der Waals surface area (Å²) in [6.07, 6.45) is 2.99. The number of amides is 1. The van der Waals surface area contributed by atoms with Crippen LogP contribution in [0.1, 0.15) is 19.4 Å². The Morgan fingerprint density at radius 2 is 2.11 bits per heavy atom. The molecule has 0 fully saturated rings. The number of rotatable bonds is 3. The highest BCUT2D eigenvalue weighted by molar-refractivity contribution is 6.32. The predicted molar refractivity (Wildman–Crippen MR) is 75.4 cm³/mol. The predicted octanol–water partition coefficient (Wildman–Crippen LogP) is 2.19. The maximum absolute atomic E-state index is 11.5. The molecule has 1 rings (SSSR count). The Hall–Kier alpha value is -1.81. The van der Waals surface area contributed by atoms with Crippen molar-refractivity contribution in [3.05, 3.63) is 40.9 Å². The second-order valence-corrected chi connectivity index (χ2v) is 4.36. The van der Waals surface area contributed by atoms with Crippen molar-refractivity contribution in [3.8, 4) is 0 Å². The van der Waals surface area contributed by atoms with Gasteiger partial charge in [0.15, 0.2) is 5.96 Å². The lowest BCUT2D eigenvalue weighted by Gasteiger charge is -2.03. The summed E-state index contributed by atoms with van der Waals surface area (Å²) in [7, 11) is 0. The highest BCUT2D eigenvalue weighted by Gasteiger charge is 2.00. The number of hydrogen-bond acceptors (Lipinski definition) is 2. The van der Waals surface area contributed by atoms with Gasteiger partial charge < -0.3 is 5.73 Å². The smallest absolute Gasteiger partial charge is 0.250 e. The topological polar surface area (TPSA) is 67.5 Å². The first kappa shape index (κ1) is 14.3. The lowest BCUT2D eigenvalue weighted by Crippen LogP contribution is -2.36. The van der Waals surface area contributed by atoms with Gasteiger partial charge in [-0.1, -0.05) is 29.8 Å². The van der Waals surface area contributed by atoms with Crippen molar-refractivity contribution in [2.75, 3.05) is 0 Å². The minimum atomic E-state index is -0.336. The monoisotopic (exact) mass is 265 g/mol. The maximum atomic E-state index is 11.5. The molecule has 0 aliphatic rings. The van der Waals surface area contributed by atoms with Crippen molar-refractivity contribution in [1.29, 1.82) is 0 Å². The molecular weight excluding hydrogens is 250 g/mol. The fourth-order valence-electron chi connectivity index (χ4n) is 1.25. The second-order valence-electron chi connectivity index (χ2n) is 3.95. The Morgan fingerprint density at radius 1 is 1.44 bits per heavy atom. The summed E-state index contributed by atoms with van der Waals surface area (Å²) in [6.45, 7) is 3.75. The average Bonchev–Trinajstić information content (AvgIpc) is 2.26. The number of carbonyl (C=O) groups is 1. The van der Waals surface area contributed by atoms with E-state index in [-0.39, 0.29) is 17.9 Å². The number of guanidine groups is 1. The van der Waals surface area contributed by atoms with E-state index in [0.29, 0.717) is 5.02 Å². The molecule has 1 amide bonds. The molecule has 0 saturated carbocycles. The molecule has 4 nitrogen and oxygen atoms in total. The molecule has 0 saturated heterocycles. The summed E-state index contributed by atoms with van der Waals surface area (Å²) in [5, 5.41) is 3.05. The highest BCUT2D eigenvalue weighted by atomic mass is 35.5. The number of benzene rings is 1. The molecule has 1 aromatic rings. The van der Waals surface area contributed by atoms with E-state index in [1.807, 2.05) is 32.0 Å². The molecule has 0 bridgehead atoms. The average molecular weight is 266 g/mol. The van der Waals surface area contributed by atoms with Crippen molar-refractivity contribution in [3.63, 3.8) is 0 Å².